The average Bonchev–Trinajstić information content (AvgIpc) is 2.16. The summed E-state index contributed by atoms with van der Waals surface area (Å²) in [6, 6.07) is 5.95. The monoisotopic (exact) mass is 263 g/mol. The molecule has 0 aliphatic rings. The van der Waals surface area contributed by atoms with Gasteiger partial charge in [-0.1, -0.05) is 0 Å². The minimum Gasteiger partial charge on any atom is -0.612 e. The highest BCUT2D eigenvalue weighted by molar-refractivity contribution is 7.95. The summed E-state index contributed by atoms with van der Waals surface area (Å²) in [5.41, 5.74) is 0. The van der Waals surface area contributed by atoms with Gasteiger partial charge in [0.1, 0.15) is 18.8 Å². The molecule has 0 N–H and O–H groups in total. The standard InChI is InChI=1S/C9H11O3S3/c1-13(10)7-5-4-6-8(14(2)11)9(7)15(3)12/h4-5H,1-3H3. The van der Waals surface area contributed by atoms with Crippen LogP contribution in [0.1, 0.15) is 0 Å². The zero-order chi connectivity index (χ0) is 11.6. The Morgan fingerprint density at radius 1 is 1.00 bits per heavy atom. The molecule has 3 unspecified atom stereocenters. The molecule has 0 amide bonds. The highest BCUT2D eigenvalue weighted by Crippen LogP contribution is 2.27. The van der Waals surface area contributed by atoms with Crippen molar-refractivity contribution in [3.8, 4) is 0 Å². The highest BCUT2D eigenvalue weighted by Gasteiger charge is 2.29. The third-order valence-corrected chi connectivity index (χ3v) is 4.88. The lowest BCUT2D eigenvalue weighted by molar-refractivity contribution is 0.579. The van der Waals surface area contributed by atoms with Crippen LogP contribution in [-0.4, -0.2) is 32.4 Å². The first kappa shape index (κ1) is 13.2. The van der Waals surface area contributed by atoms with Gasteiger partial charge in [0.2, 0.25) is 9.79 Å². The van der Waals surface area contributed by atoms with Gasteiger partial charge in [0.25, 0.3) is 4.90 Å². The summed E-state index contributed by atoms with van der Waals surface area (Å²) in [5, 5.41) is 0. The van der Waals surface area contributed by atoms with Gasteiger partial charge in [-0.25, -0.2) is 0 Å². The van der Waals surface area contributed by atoms with Crippen LogP contribution in [0, 0.1) is 6.07 Å². The van der Waals surface area contributed by atoms with Crippen LogP contribution in [0.2, 0.25) is 0 Å². The Bertz CT molecular complexity index is 313. The SMILES string of the molecule is C[S+]([O-])c1[c]ccc([S+](C)[O-])c1[S+](C)[O-]. The van der Waals surface area contributed by atoms with Crippen molar-refractivity contribution in [2.75, 3.05) is 18.8 Å². The second kappa shape index (κ2) is 5.47. The predicted octanol–water partition coefficient (Wildman–Crippen LogP) is 0.699. The van der Waals surface area contributed by atoms with Crippen molar-refractivity contribution in [1.82, 2.24) is 0 Å². The van der Waals surface area contributed by atoms with Crippen molar-refractivity contribution in [2.45, 2.75) is 14.7 Å². The summed E-state index contributed by atoms with van der Waals surface area (Å²) in [5.74, 6) is 0. The van der Waals surface area contributed by atoms with Gasteiger partial charge in [0, 0.05) is 6.07 Å². The van der Waals surface area contributed by atoms with Crippen molar-refractivity contribution < 1.29 is 13.7 Å². The van der Waals surface area contributed by atoms with Gasteiger partial charge in [0.15, 0.2) is 0 Å². The molecule has 0 saturated carbocycles. The summed E-state index contributed by atoms with van der Waals surface area (Å²) >= 11 is -3.82. The van der Waals surface area contributed by atoms with E-state index in [1.807, 2.05) is 0 Å². The molecule has 1 aromatic carbocycles. The molecular weight excluding hydrogens is 252 g/mol. The van der Waals surface area contributed by atoms with Crippen molar-refractivity contribution in [2.24, 2.45) is 0 Å². The van der Waals surface area contributed by atoms with E-state index >= 15 is 0 Å². The van der Waals surface area contributed by atoms with E-state index in [1.165, 1.54) is 18.8 Å². The second-order valence-electron chi connectivity index (χ2n) is 2.86. The fraction of sp³-hybridized carbons (Fsp3) is 0.333. The molecule has 0 saturated heterocycles. The van der Waals surface area contributed by atoms with Gasteiger partial charge >= 0.3 is 0 Å². The maximum Gasteiger partial charge on any atom is 0.262 e. The third kappa shape index (κ3) is 3.05. The van der Waals surface area contributed by atoms with Crippen LogP contribution in [0.25, 0.3) is 0 Å². The molecule has 0 aromatic heterocycles. The molecule has 15 heavy (non-hydrogen) atoms. The first-order chi connectivity index (χ1) is 6.95. The normalized spacial score (nSPS) is 17.2. The quantitative estimate of drug-likeness (QED) is 0.754. The summed E-state index contributed by atoms with van der Waals surface area (Å²) in [4.78, 5) is 1.24. The molecule has 83 valence electrons. The topological polar surface area (TPSA) is 69.2 Å². The lowest BCUT2D eigenvalue weighted by Crippen LogP contribution is -2.13. The zero-order valence-corrected chi connectivity index (χ0v) is 11.1. The second-order valence-corrected chi connectivity index (χ2v) is 6.84. The number of rotatable bonds is 3. The van der Waals surface area contributed by atoms with Crippen LogP contribution in [0.5, 0.6) is 0 Å². The Balaban J connectivity index is 3.35. The van der Waals surface area contributed by atoms with E-state index in [2.05, 4.69) is 6.07 Å². The molecule has 0 heterocycles. The largest absolute Gasteiger partial charge is 0.612 e. The highest BCUT2D eigenvalue weighted by atomic mass is 32.2. The summed E-state index contributed by atoms with van der Waals surface area (Å²) in [6.07, 6.45) is 4.48. The zero-order valence-electron chi connectivity index (χ0n) is 8.60. The molecule has 1 radical (unpaired) electrons. The van der Waals surface area contributed by atoms with Gasteiger partial charge in [-0.3, -0.25) is 0 Å². The smallest absolute Gasteiger partial charge is 0.262 e. The van der Waals surface area contributed by atoms with E-state index in [1.54, 1.807) is 12.1 Å². The van der Waals surface area contributed by atoms with Crippen LogP contribution in [-0.2, 0) is 33.5 Å². The van der Waals surface area contributed by atoms with Crippen molar-refractivity contribution in [3.63, 3.8) is 0 Å². The first-order valence-corrected chi connectivity index (χ1v) is 8.67. The fourth-order valence-corrected chi connectivity index (χ4v) is 4.53. The van der Waals surface area contributed by atoms with E-state index in [9.17, 15) is 13.7 Å². The summed E-state index contributed by atoms with van der Waals surface area (Å²) < 4.78 is 34.3. The van der Waals surface area contributed by atoms with E-state index in [0.29, 0.717) is 14.7 Å². The molecule has 1 rings (SSSR count). The van der Waals surface area contributed by atoms with E-state index < -0.39 is 33.5 Å². The van der Waals surface area contributed by atoms with Crippen molar-refractivity contribution >= 4 is 33.5 Å². The Morgan fingerprint density at radius 3 is 2.00 bits per heavy atom. The molecule has 3 nitrogen and oxygen atoms in total. The Hall–Kier alpha value is 0.150. The molecule has 1 aromatic rings. The number of benzene rings is 1. The van der Waals surface area contributed by atoms with Crippen LogP contribution < -0.4 is 0 Å². The maximum absolute atomic E-state index is 11.5. The van der Waals surface area contributed by atoms with Gasteiger partial charge in [-0.05, 0) is 45.7 Å². The maximum atomic E-state index is 11.5. The van der Waals surface area contributed by atoms with Crippen molar-refractivity contribution in [1.29, 1.82) is 0 Å². The average molecular weight is 263 g/mol. The summed E-state index contributed by atoms with van der Waals surface area (Å²) in [6.45, 7) is 0. The van der Waals surface area contributed by atoms with Gasteiger partial charge in [-0.15, -0.1) is 0 Å². The number of hydrogen-bond acceptors (Lipinski definition) is 3. The predicted molar refractivity (Wildman–Crippen MR) is 62.3 cm³/mol. The van der Waals surface area contributed by atoms with E-state index in [-0.39, 0.29) is 0 Å². The van der Waals surface area contributed by atoms with Crippen LogP contribution in [0.3, 0.4) is 0 Å². The van der Waals surface area contributed by atoms with Gasteiger partial charge in [-0.2, -0.15) is 0 Å². The molecule has 3 atom stereocenters. The molecular formula is C9H11O3S3. The third-order valence-electron chi connectivity index (χ3n) is 1.76. The molecule has 0 aliphatic carbocycles. The van der Waals surface area contributed by atoms with Gasteiger partial charge in [0.05, 0.1) is 0 Å². The molecule has 0 aliphatic heterocycles. The Kier molecular flexibility index (Phi) is 4.82. The van der Waals surface area contributed by atoms with E-state index in [4.69, 9.17) is 0 Å². The van der Waals surface area contributed by atoms with Crippen LogP contribution in [0.15, 0.2) is 26.8 Å². The van der Waals surface area contributed by atoms with Crippen LogP contribution >= 0.6 is 0 Å². The summed E-state index contributed by atoms with van der Waals surface area (Å²) in [7, 11) is 0. The fourth-order valence-electron chi connectivity index (χ4n) is 1.16. The van der Waals surface area contributed by atoms with Crippen molar-refractivity contribution in [3.05, 3.63) is 18.2 Å². The van der Waals surface area contributed by atoms with Crippen LogP contribution in [0.4, 0.5) is 0 Å². The molecule has 0 bridgehead atoms. The Morgan fingerprint density at radius 2 is 1.60 bits per heavy atom. The van der Waals surface area contributed by atoms with E-state index in [0.717, 1.165) is 0 Å². The number of hydrogen-bond donors (Lipinski definition) is 0. The minimum absolute atomic E-state index is 0.378. The van der Waals surface area contributed by atoms with Gasteiger partial charge < -0.3 is 13.7 Å². The molecule has 0 spiro atoms. The molecule has 6 heteroatoms. The Labute approximate surface area is 98.8 Å². The molecule has 0 fully saturated rings. The lowest BCUT2D eigenvalue weighted by Gasteiger charge is -2.14. The minimum atomic E-state index is -1.31. The lowest BCUT2D eigenvalue weighted by atomic mass is 10.4. The first-order valence-electron chi connectivity index (χ1n) is 4.00.